The zero-order valence-electron chi connectivity index (χ0n) is 10.5. The van der Waals surface area contributed by atoms with Gasteiger partial charge in [-0.25, -0.2) is 4.68 Å². The summed E-state index contributed by atoms with van der Waals surface area (Å²) >= 11 is 0. The fourth-order valence-corrected chi connectivity index (χ4v) is 2.56. The summed E-state index contributed by atoms with van der Waals surface area (Å²) in [5.74, 6) is 6.61. The molecule has 0 saturated carbocycles. The van der Waals surface area contributed by atoms with Crippen LogP contribution in [0.4, 0.5) is 0 Å². The molecule has 1 aromatic rings. The smallest absolute Gasteiger partial charge is 0.287 e. The van der Waals surface area contributed by atoms with Crippen molar-refractivity contribution in [2.75, 3.05) is 5.84 Å². The van der Waals surface area contributed by atoms with Crippen molar-refractivity contribution in [2.45, 2.75) is 51.9 Å². The van der Waals surface area contributed by atoms with Gasteiger partial charge in [0.2, 0.25) is 0 Å². The van der Waals surface area contributed by atoms with E-state index in [1.165, 1.54) is 30.1 Å². The van der Waals surface area contributed by atoms with Gasteiger partial charge < -0.3 is 5.84 Å². The molecule has 1 aliphatic carbocycles. The lowest BCUT2D eigenvalue weighted by atomic mass is 9.94. The van der Waals surface area contributed by atoms with E-state index in [0.717, 1.165) is 43.0 Å². The van der Waals surface area contributed by atoms with Crippen LogP contribution in [0.2, 0.25) is 0 Å². The van der Waals surface area contributed by atoms with E-state index in [-0.39, 0.29) is 5.56 Å². The summed E-state index contributed by atoms with van der Waals surface area (Å²) in [4.78, 5) is 15.7. The van der Waals surface area contributed by atoms with Crippen molar-refractivity contribution >= 4 is 0 Å². The molecule has 0 amide bonds. The van der Waals surface area contributed by atoms with E-state index < -0.39 is 0 Å². The summed E-state index contributed by atoms with van der Waals surface area (Å²) in [6.45, 7) is 2.32. The maximum atomic E-state index is 11.5. The van der Waals surface area contributed by atoms with Crippen molar-refractivity contribution in [1.29, 1.82) is 0 Å². The predicted molar refractivity (Wildman–Crippen MR) is 68.3 cm³/mol. The second-order valence-electron chi connectivity index (χ2n) is 5.10. The van der Waals surface area contributed by atoms with E-state index >= 15 is 0 Å². The summed E-state index contributed by atoms with van der Waals surface area (Å²) < 4.78 is 1.29. The number of hydrogen-bond acceptors (Lipinski definition) is 3. The standard InChI is InChI=1S/C13H21N3O/c1-10-5-2-3-8-12-11(7-4-6-10)15-9-13(17)16(12)14/h9-10H,2-8,14H2,1H3/t10-/m0/s1. The SMILES string of the molecule is C[C@H]1CCCCc2c(ncc(=O)n2N)CCC1. The topological polar surface area (TPSA) is 60.9 Å². The third-order valence-corrected chi connectivity index (χ3v) is 3.66. The van der Waals surface area contributed by atoms with Gasteiger partial charge in [0, 0.05) is 0 Å². The van der Waals surface area contributed by atoms with Crippen molar-refractivity contribution in [3.05, 3.63) is 27.9 Å². The van der Waals surface area contributed by atoms with Crippen LogP contribution in [0.3, 0.4) is 0 Å². The zero-order chi connectivity index (χ0) is 12.3. The Hall–Kier alpha value is -1.32. The lowest BCUT2D eigenvalue weighted by molar-refractivity contribution is 0.441. The van der Waals surface area contributed by atoms with Crippen molar-refractivity contribution in [1.82, 2.24) is 9.66 Å². The van der Waals surface area contributed by atoms with Gasteiger partial charge in [-0.1, -0.05) is 26.2 Å². The Morgan fingerprint density at radius 3 is 2.88 bits per heavy atom. The highest BCUT2D eigenvalue weighted by molar-refractivity contribution is 5.13. The first-order valence-electron chi connectivity index (χ1n) is 6.53. The number of aryl methyl sites for hydroxylation is 1. The molecule has 0 fully saturated rings. The second kappa shape index (κ2) is 5.34. The molecule has 2 N–H and O–H groups in total. The second-order valence-corrected chi connectivity index (χ2v) is 5.10. The van der Waals surface area contributed by atoms with Crippen molar-refractivity contribution in [3.8, 4) is 0 Å². The van der Waals surface area contributed by atoms with Crippen molar-refractivity contribution in [2.24, 2.45) is 5.92 Å². The van der Waals surface area contributed by atoms with Gasteiger partial charge in [0.25, 0.3) is 5.56 Å². The summed E-state index contributed by atoms with van der Waals surface area (Å²) in [5.41, 5.74) is 1.75. The zero-order valence-corrected chi connectivity index (χ0v) is 10.5. The van der Waals surface area contributed by atoms with Gasteiger partial charge in [-0.15, -0.1) is 0 Å². The van der Waals surface area contributed by atoms with Gasteiger partial charge in [0.1, 0.15) is 0 Å². The molecule has 17 heavy (non-hydrogen) atoms. The lowest BCUT2D eigenvalue weighted by Gasteiger charge is -2.17. The number of nitrogen functional groups attached to an aromatic ring is 1. The molecule has 0 bridgehead atoms. The molecule has 0 radical (unpaired) electrons. The third kappa shape index (κ3) is 2.87. The maximum absolute atomic E-state index is 11.5. The van der Waals surface area contributed by atoms with Gasteiger partial charge in [-0.2, -0.15) is 0 Å². The normalized spacial score (nSPS) is 21.8. The van der Waals surface area contributed by atoms with Crippen molar-refractivity contribution < 1.29 is 0 Å². The quantitative estimate of drug-likeness (QED) is 0.695. The Kier molecular flexibility index (Phi) is 3.82. The van der Waals surface area contributed by atoms with E-state index in [4.69, 9.17) is 5.84 Å². The van der Waals surface area contributed by atoms with Crippen LogP contribution >= 0.6 is 0 Å². The molecule has 0 aromatic carbocycles. The van der Waals surface area contributed by atoms with Crippen LogP contribution in [0, 0.1) is 5.92 Å². The summed E-state index contributed by atoms with van der Waals surface area (Å²) in [6, 6.07) is 0. The Balaban J connectivity index is 2.26. The fourth-order valence-electron chi connectivity index (χ4n) is 2.56. The molecule has 4 heteroatoms. The molecule has 2 rings (SSSR count). The highest BCUT2D eigenvalue weighted by Crippen LogP contribution is 2.20. The number of fused-ring (bicyclic) bond motifs is 1. The average molecular weight is 235 g/mol. The predicted octanol–water partition coefficient (Wildman–Crippen LogP) is 1.64. The molecule has 1 heterocycles. The van der Waals surface area contributed by atoms with E-state index in [9.17, 15) is 4.79 Å². The first kappa shape index (κ1) is 12.1. The van der Waals surface area contributed by atoms with Gasteiger partial charge >= 0.3 is 0 Å². The molecule has 1 aliphatic rings. The van der Waals surface area contributed by atoms with Crippen LogP contribution in [0.1, 0.15) is 50.4 Å². The van der Waals surface area contributed by atoms with Gasteiger partial charge in [-0.3, -0.25) is 9.78 Å². The average Bonchev–Trinajstić information content (AvgIpc) is 2.32. The highest BCUT2D eigenvalue weighted by Gasteiger charge is 2.13. The van der Waals surface area contributed by atoms with E-state index in [2.05, 4.69) is 11.9 Å². The van der Waals surface area contributed by atoms with Gasteiger partial charge in [-0.05, 0) is 31.6 Å². The van der Waals surface area contributed by atoms with Crippen molar-refractivity contribution in [3.63, 3.8) is 0 Å². The Morgan fingerprint density at radius 2 is 2.06 bits per heavy atom. The summed E-state index contributed by atoms with van der Waals surface area (Å²) in [5, 5.41) is 0. The monoisotopic (exact) mass is 235 g/mol. The molecule has 0 unspecified atom stereocenters. The largest absolute Gasteiger partial charge is 0.336 e. The first-order valence-corrected chi connectivity index (χ1v) is 6.53. The third-order valence-electron chi connectivity index (χ3n) is 3.66. The molecule has 1 aromatic heterocycles. The number of aromatic nitrogens is 2. The minimum Gasteiger partial charge on any atom is -0.336 e. The minimum absolute atomic E-state index is 0.200. The van der Waals surface area contributed by atoms with Gasteiger partial charge in [0.05, 0.1) is 17.6 Å². The fraction of sp³-hybridized carbons (Fsp3) is 0.692. The molecule has 1 atom stereocenters. The first-order chi connectivity index (χ1) is 8.18. The Labute approximate surface area is 102 Å². The molecular weight excluding hydrogens is 214 g/mol. The Morgan fingerprint density at radius 1 is 1.29 bits per heavy atom. The number of nitrogens with two attached hydrogens (primary N) is 1. The van der Waals surface area contributed by atoms with E-state index in [1.54, 1.807) is 0 Å². The lowest BCUT2D eigenvalue weighted by Crippen LogP contribution is -2.32. The molecule has 0 aliphatic heterocycles. The molecule has 0 spiro atoms. The van der Waals surface area contributed by atoms with Crippen LogP contribution in [0.15, 0.2) is 11.0 Å². The van der Waals surface area contributed by atoms with E-state index in [0.29, 0.717) is 0 Å². The van der Waals surface area contributed by atoms with Crippen LogP contribution in [-0.2, 0) is 12.8 Å². The molecule has 4 nitrogen and oxygen atoms in total. The van der Waals surface area contributed by atoms with Crippen LogP contribution in [0.25, 0.3) is 0 Å². The molecule has 94 valence electrons. The van der Waals surface area contributed by atoms with Gasteiger partial charge in [0.15, 0.2) is 0 Å². The summed E-state index contributed by atoms with van der Waals surface area (Å²) in [6.07, 6.45) is 9.13. The van der Waals surface area contributed by atoms with Crippen LogP contribution in [0.5, 0.6) is 0 Å². The minimum atomic E-state index is -0.200. The van der Waals surface area contributed by atoms with E-state index in [1.807, 2.05) is 0 Å². The maximum Gasteiger partial charge on any atom is 0.287 e. The number of rotatable bonds is 0. The molecular formula is C13H21N3O. The van der Waals surface area contributed by atoms with Crippen LogP contribution < -0.4 is 11.4 Å². The number of nitrogens with zero attached hydrogens (tertiary/aromatic N) is 2. The molecule has 0 saturated heterocycles. The highest BCUT2D eigenvalue weighted by atomic mass is 16.1. The van der Waals surface area contributed by atoms with Crippen LogP contribution in [-0.4, -0.2) is 9.66 Å². The Bertz CT molecular complexity index is 439. The summed E-state index contributed by atoms with van der Waals surface area (Å²) in [7, 11) is 0. The number of hydrogen-bond donors (Lipinski definition) is 1.